The Labute approximate surface area is 143 Å². The minimum atomic E-state index is -0.185. The Morgan fingerprint density at radius 2 is 2.08 bits per heavy atom. The first-order valence-corrected chi connectivity index (χ1v) is 8.52. The Bertz CT molecular complexity index is 657. The zero-order valence-corrected chi connectivity index (χ0v) is 14.1. The molecular formula is C19H24N4O. The number of nitrogens with one attached hydrogen (secondary N) is 1. The molecule has 1 aliphatic rings. The van der Waals surface area contributed by atoms with Crippen LogP contribution >= 0.6 is 0 Å². The molecule has 0 aliphatic carbocycles. The van der Waals surface area contributed by atoms with Gasteiger partial charge in [-0.1, -0.05) is 30.3 Å². The maximum Gasteiger partial charge on any atom is 0.271 e. The molecule has 1 amide bonds. The summed E-state index contributed by atoms with van der Waals surface area (Å²) in [5, 5.41) is 2.87. The van der Waals surface area contributed by atoms with E-state index in [0.29, 0.717) is 18.2 Å². The maximum atomic E-state index is 12.1. The molecule has 1 aromatic carbocycles. The Morgan fingerprint density at radius 1 is 1.25 bits per heavy atom. The van der Waals surface area contributed by atoms with E-state index in [1.807, 2.05) is 30.3 Å². The highest BCUT2D eigenvalue weighted by Crippen LogP contribution is 2.18. The van der Waals surface area contributed by atoms with Crippen molar-refractivity contribution in [3.63, 3.8) is 0 Å². The third-order valence-corrected chi connectivity index (χ3v) is 4.45. The van der Waals surface area contributed by atoms with Crippen molar-refractivity contribution in [2.24, 2.45) is 5.92 Å². The molecule has 126 valence electrons. The molecular weight excluding hydrogens is 300 g/mol. The molecule has 2 aromatic rings. The number of nitrogens with zero attached hydrogens (tertiary/aromatic N) is 3. The van der Waals surface area contributed by atoms with Gasteiger partial charge in [0, 0.05) is 19.3 Å². The zero-order valence-electron chi connectivity index (χ0n) is 14.1. The van der Waals surface area contributed by atoms with E-state index >= 15 is 0 Å². The minimum Gasteiger partial charge on any atom is -0.347 e. The standard InChI is InChI=1S/C19H24N4O/c1-23-9-5-8-16(14-23)10-17-12-21-18(13-20-17)19(24)22-11-15-6-3-2-4-7-15/h2-4,6-7,12-13,16H,5,8-11,14H2,1H3,(H,22,24)/t16-/m1/s1. The van der Waals surface area contributed by atoms with Crippen LogP contribution in [0.5, 0.6) is 0 Å². The number of piperidine rings is 1. The highest BCUT2D eigenvalue weighted by atomic mass is 16.1. The minimum absolute atomic E-state index is 0.185. The third kappa shape index (κ3) is 4.61. The fourth-order valence-corrected chi connectivity index (χ4v) is 3.18. The quantitative estimate of drug-likeness (QED) is 0.917. The van der Waals surface area contributed by atoms with Crippen LogP contribution in [0.4, 0.5) is 0 Å². The predicted molar refractivity (Wildman–Crippen MR) is 93.6 cm³/mol. The summed E-state index contributed by atoms with van der Waals surface area (Å²) in [5.41, 5.74) is 2.40. The zero-order chi connectivity index (χ0) is 16.8. The first-order chi connectivity index (χ1) is 11.7. The van der Waals surface area contributed by atoms with Gasteiger partial charge < -0.3 is 10.2 Å². The molecule has 1 N–H and O–H groups in total. The lowest BCUT2D eigenvalue weighted by Crippen LogP contribution is -2.33. The summed E-state index contributed by atoms with van der Waals surface area (Å²) in [4.78, 5) is 23.2. The molecule has 0 bridgehead atoms. The smallest absolute Gasteiger partial charge is 0.271 e. The van der Waals surface area contributed by atoms with Crippen LogP contribution in [0.2, 0.25) is 0 Å². The molecule has 1 aliphatic heterocycles. The van der Waals surface area contributed by atoms with Gasteiger partial charge in [-0.25, -0.2) is 4.98 Å². The lowest BCUT2D eigenvalue weighted by Gasteiger charge is -2.29. The summed E-state index contributed by atoms with van der Waals surface area (Å²) in [7, 11) is 2.16. The summed E-state index contributed by atoms with van der Waals surface area (Å²) in [6.45, 7) is 2.79. The predicted octanol–water partition coefficient (Wildman–Crippen LogP) is 2.29. The van der Waals surface area contributed by atoms with Crippen molar-refractivity contribution >= 4 is 5.91 Å². The van der Waals surface area contributed by atoms with Gasteiger partial charge in [0.05, 0.1) is 11.9 Å². The van der Waals surface area contributed by atoms with Crippen LogP contribution in [0.25, 0.3) is 0 Å². The van der Waals surface area contributed by atoms with Gasteiger partial charge in [0.25, 0.3) is 5.91 Å². The van der Waals surface area contributed by atoms with Gasteiger partial charge in [-0.2, -0.15) is 0 Å². The number of likely N-dealkylation sites (tertiary alicyclic amines) is 1. The number of carbonyl (C=O) groups excluding carboxylic acids is 1. The van der Waals surface area contributed by atoms with E-state index in [4.69, 9.17) is 0 Å². The Morgan fingerprint density at radius 3 is 2.79 bits per heavy atom. The number of carbonyl (C=O) groups is 1. The second-order valence-corrected chi connectivity index (χ2v) is 6.54. The average molecular weight is 324 g/mol. The normalized spacial score (nSPS) is 18.3. The van der Waals surface area contributed by atoms with Crippen molar-refractivity contribution in [2.75, 3.05) is 20.1 Å². The van der Waals surface area contributed by atoms with Crippen molar-refractivity contribution in [1.29, 1.82) is 0 Å². The van der Waals surface area contributed by atoms with Crippen molar-refractivity contribution in [3.05, 3.63) is 59.7 Å². The molecule has 1 aromatic heterocycles. The van der Waals surface area contributed by atoms with Crippen LogP contribution in [0.3, 0.4) is 0 Å². The summed E-state index contributed by atoms with van der Waals surface area (Å²) >= 11 is 0. The molecule has 1 atom stereocenters. The molecule has 0 spiro atoms. The van der Waals surface area contributed by atoms with Crippen LogP contribution in [0.15, 0.2) is 42.7 Å². The van der Waals surface area contributed by atoms with Gasteiger partial charge in [0.1, 0.15) is 5.69 Å². The molecule has 3 rings (SSSR count). The van der Waals surface area contributed by atoms with Crippen LogP contribution in [-0.4, -0.2) is 40.9 Å². The number of aromatic nitrogens is 2. The van der Waals surface area contributed by atoms with Gasteiger partial charge in [-0.05, 0) is 44.3 Å². The van der Waals surface area contributed by atoms with Crippen molar-refractivity contribution in [3.8, 4) is 0 Å². The first-order valence-electron chi connectivity index (χ1n) is 8.52. The van der Waals surface area contributed by atoms with Crippen LogP contribution < -0.4 is 5.32 Å². The third-order valence-electron chi connectivity index (χ3n) is 4.45. The number of amides is 1. The van der Waals surface area contributed by atoms with Gasteiger partial charge in [0.2, 0.25) is 0 Å². The number of benzene rings is 1. The summed E-state index contributed by atoms with van der Waals surface area (Å²) in [5.74, 6) is 0.450. The Kier molecular flexibility index (Phi) is 5.54. The summed E-state index contributed by atoms with van der Waals surface area (Å²) in [6, 6.07) is 9.84. The van der Waals surface area contributed by atoms with Gasteiger partial charge in [-0.15, -0.1) is 0 Å². The Balaban J connectivity index is 1.52. The highest BCUT2D eigenvalue weighted by molar-refractivity contribution is 5.91. The fourth-order valence-electron chi connectivity index (χ4n) is 3.18. The van der Waals surface area contributed by atoms with E-state index in [9.17, 15) is 4.79 Å². The molecule has 1 saturated heterocycles. The molecule has 0 unspecified atom stereocenters. The number of rotatable bonds is 5. The SMILES string of the molecule is CN1CCC[C@H](Cc2cnc(C(=O)NCc3ccccc3)cn2)C1. The average Bonchev–Trinajstić information content (AvgIpc) is 2.61. The molecule has 5 nitrogen and oxygen atoms in total. The monoisotopic (exact) mass is 324 g/mol. The number of hydrogen-bond acceptors (Lipinski definition) is 4. The molecule has 0 saturated carbocycles. The van der Waals surface area contributed by atoms with Crippen LogP contribution in [0.1, 0.15) is 34.6 Å². The van der Waals surface area contributed by atoms with E-state index in [2.05, 4.69) is 27.2 Å². The van der Waals surface area contributed by atoms with E-state index in [-0.39, 0.29) is 5.91 Å². The number of hydrogen-bond donors (Lipinski definition) is 1. The first kappa shape index (κ1) is 16.6. The van der Waals surface area contributed by atoms with E-state index in [1.54, 1.807) is 12.4 Å². The molecule has 2 heterocycles. The van der Waals surface area contributed by atoms with Crippen molar-refractivity contribution < 1.29 is 4.79 Å². The van der Waals surface area contributed by atoms with Gasteiger partial charge in [0.15, 0.2) is 0 Å². The molecule has 24 heavy (non-hydrogen) atoms. The van der Waals surface area contributed by atoms with Crippen LogP contribution in [-0.2, 0) is 13.0 Å². The fraction of sp³-hybridized carbons (Fsp3) is 0.421. The molecule has 5 heteroatoms. The van der Waals surface area contributed by atoms with E-state index in [1.165, 1.54) is 19.4 Å². The van der Waals surface area contributed by atoms with Crippen molar-refractivity contribution in [1.82, 2.24) is 20.2 Å². The maximum absolute atomic E-state index is 12.1. The van der Waals surface area contributed by atoms with Gasteiger partial charge >= 0.3 is 0 Å². The summed E-state index contributed by atoms with van der Waals surface area (Å²) < 4.78 is 0. The largest absolute Gasteiger partial charge is 0.347 e. The second kappa shape index (κ2) is 8.02. The lowest BCUT2D eigenvalue weighted by atomic mass is 9.94. The van der Waals surface area contributed by atoms with E-state index < -0.39 is 0 Å². The Hall–Kier alpha value is -2.27. The van der Waals surface area contributed by atoms with Gasteiger partial charge in [-0.3, -0.25) is 9.78 Å². The van der Waals surface area contributed by atoms with Crippen molar-refractivity contribution in [2.45, 2.75) is 25.8 Å². The molecule has 1 fully saturated rings. The highest BCUT2D eigenvalue weighted by Gasteiger charge is 2.18. The topological polar surface area (TPSA) is 58.1 Å². The summed E-state index contributed by atoms with van der Waals surface area (Å²) in [6.07, 6.45) is 6.75. The molecule has 0 radical (unpaired) electrons. The second-order valence-electron chi connectivity index (χ2n) is 6.54. The van der Waals surface area contributed by atoms with E-state index in [0.717, 1.165) is 24.2 Å². The van der Waals surface area contributed by atoms with Crippen LogP contribution in [0, 0.1) is 5.92 Å². The lowest BCUT2D eigenvalue weighted by molar-refractivity contribution is 0.0945.